The van der Waals surface area contributed by atoms with E-state index in [-0.39, 0.29) is 11.6 Å². The molecule has 0 fully saturated rings. The number of nitrogens with one attached hydrogen (secondary N) is 3. The molecule has 0 unspecified atom stereocenters. The summed E-state index contributed by atoms with van der Waals surface area (Å²) in [5, 5.41) is 14.4. The second-order valence-electron chi connectivity index (χ2n) is 6.15. The smallest absolute Gasteiger partial charge is 0.362 e. The lowest BCUT2D eigenvalue weighted by molar-refractivity contribution is -0.137. The maximum absolute atomic E-state index is 12.6. The first-order chi connectivity index (χ1) is 14.3. The van der Waals surface area contributed by atoms with Gasteiger partial charge in [0.25, 0.3) is 5.91 Å². The molecule has 0 saturated heterocycles. The molecule has 0 aliphatic rings. The van der Waals surface area contributed by atoms with E-state index in [1.807, 2.05) is 0 Å². The van der Waals surface area contributed by atoms with E-state index in [1.54, 1.807) is 29.6 Å². The number of hydrogen-bond acceptors (Lipinski definition) is 5. The number of rotatable bonds is 6. The molecule has 0 aliphatic carbocycles. The van der Waals surface area contributed by atoms with E-state index < -0.39 is 11.7 Å². The van der Waals surface area contributed by atoms with Crippen LogP contribution in [0.1, 0.15) is 21.6 Å². The van der Waals surface area contributed by atoms with Crippen LogP contribution in [0, 0.1) is 0 Å². The minimum Gasteiger partial charge on any atom is -0.362 e. The topological polar surface area (TPSA) is 78.9 Å². The fraction of sp³-hybridized carbons (Fsp3) is 0.158. The van der Waals surface area contributed by atoms with Crippen molar-refractivity contribution in [1.29, 1.82) is 0 Å². The molecule has 156 valence electrons. The Balaban J connectivity index is 1.43. The molecule has 0 spiro atoms. The zero-order valence-corrected chi connectivity index (χ0v) is 17.0. The van der Waals surface area contributed by atoms with Crippen molar-refractivity contribution in [3.05, 3.63) is 70.7 Å². The molecule has 0 bridgehead atoms. The first-order valence-electron chi connectivity index (χ1n) is 8.71. The molecule has 0 atom stereocenters. The van der Waals surface area contributed by atoms with Gasteiger partial charge in [0, 0.05) is 23.3 Å². The molecular weight excluding hydrogens is 435 g/mol. The number of carbonyl (C=O) groups excluding carboxylic acids is 1. The summed E-state index contributed by atoms with van der Waals surface area (Å²) in [4.78, 5) is 11.9. The summed E-state index contributed by atoms with van der Waals surface area (Å²) in [5.41, 5.74) is 1.67. The molecule has 0 saturated carbocycles. The Bertz CT molecular complexity index is 991. The third kappa shape index (κ3) is 6.22. The van der Waals surface area contributed by atoms with Gasteiger partial charge in [-0.15, -0.1) is 5.10 Å². The summed E-state index contributed by atoms with van der Waals surface area (Å²) in [6.07, 6.45) is -3.81. The molecule has 30 heavy (non-hydrogen) atoms. The largest absolute Gasteiger partial charge is 0.416 e. The Morgan fingerprint density at radius 1 is 1.00 bits per heavy atom. The number of aromatic nitrogens is 2. The van der Waals surface area contributed by atoms with Gasteiger partial charge in [-0.25, -0.2) is 0 Å². The van der Waals surface area contributed by atoms with Crippen LogP contribution >= 0.6 is 23.8 Å². The average molecular weight is 451 g/mol. The number of anilines is 2. The third-order valence-electron chi connectivity index (χ3n) is 3.97. The lowest BCUT2D eigenvalue weighted by Gasteiger charge is -2.12. The highest BCUT2D eigenvalue weighted by Gasteiger charge is 2.29. The zero-order chi connectivity index (χ0) is 21.6. The second-order valence-corrected chi connectivity index (χ2v) is 7.17. The molecule has 3 N–H and O–H groups in total. The molecule has 6 nitrogen and oxygen atoms in total. The Kier molecular flexibility index (Phi) is 6.95. The maximum atomic E-state index is 12.6. The zero-order valence-electron chi connectivity index (χ0n) is 15.4. The highest BCUT2D eigenvalue weighted by molar-refractivity contribution is 7.80. The highest BCUT2D eigenvalue weighted by atomic mass is 32.1. The van der Waals surface area contributed by atoms with Gasteiger partial charge in [0.2, 0.25) is 0 Å². The molecular formula is C19H16F3N5OS2. The van der Waals surface area contributed by atoms with Gasteiger partial charge in [0.15, 0.2) is 10.8 Å². The standard InChI is InChI=1S/C19H16F3N5OS2/c20-19(21,22)13-3-1-12(2-4-13)9-10-23-18(29)25-15-7-5-14(6-8-15)24-17(28)16-11-30-27-26-16/h1-8,11H,9-10H2,(H,24,28)(H2,23,25,29). The summed E-state index contributed by atoms with van der Waals surface area (Å²) in [7, 11) is 0. The van der Waals surface area contributed by atoms with Crippen LogP contribution < -0.4 is 16.0 Å². The predicted octanol–water partition coefficient (Wildman–Crippen LogP) is 4.34. The van der Waals surface area contributed by atoms with E-state index in [0.29, 0.717) is 23.8 Å². The number of amides is 1. The molecule has 11 heteroatoms. The molecule has 1 aromatic heterocycles. The van der Waals surface area contributed by atoms with E-state index in [2.05, 4.69) is 25.5 Å². The third-order valence-corrected chi connectivity index (χ3v) is 4.72. The lowest BCUT2D eigenvalue weighted by atomic mass is 10.1. The summed E-state index contributed by atoms with van der Waals surface area (Å²) < 4.78 is 41.4. The van der Waals surface area contributed by atoms with Crippen molar-refractivity contribution in [3.8, 4) is 0 Å². The Morgan fingerprint density at radius 3 is 2.20 bits per heavy atom. The molecule has 0 aliphatic heterocycles. The van der Waals surface area contributed by atoms with Gasteiger partial charge >= 0.3 is 6.18 Å². The van der Waals surface area contributed by atoms with Crippen LogP contribution in [0.15, 0.2) is 53.9 Å². The van der Waals surface area contributed by atoms with Crippen LogP contribution in [0.5, 0.6) is 0 Å². The van der Waals surface area contributed by atoms with Gasteiger partial charge in [-0.3, -0.25) is 4.79 Å². The van der Waals surface area contributed by atoms with Gasteiger partial charge in [0.05, 0.1) is 5.56 Å². The second kappa shape index (κ2) is 9.63. The van der Waals surface area contributed by atoms with Crippen molar-refractivity contribution in [2.45, 2.75) is 12.6 Å². The Hall–Kier alpha value is -3.05. The molecule has 1 amide bonds. The van der Waals surface area contributed by atoms with Gasteiger partial charge < -0.3 is 16.0 Å². The summed E-state index contributed by atoms with van der Waals surface area (Å²) >= 11 is 6.32. The van der Waals surface area contributed by atoms with Crippen molar-refractivity contribution in [2.75, 3.05) is 17.2 Å². The number of halogens is 3. The van der Waals surface area contributed by atoms with Crippen LogP contribution in [0.4, 0.5) is 24.5 Å². The van der Waals surface area contributed by atoms with Crippen molar-refractivity contribution in [1.82, 2.24) is 14.9 Å². The Labute approximate surface area is 179 Å². The molecule has 2 aromatic carbocycles. The molecule has 0 radical (unpaired) electrons. The Morgan fingerprint density at radius 2 is 1.63 bits per heavy atom. The average Bonchev–Trinajstić information content (AvgIpc) is 3.24. The van der Waals surface area contributed by atoms with Crippen LogP contribution in [0.25, 0.3) is 0 Å². The van der Waals surface area contributed by atoms with Crippen molar-refractivity contribution in [3.63, 3.8) is 0 Å². The monoisotopic (exact) mass is 451 g/mol. The van der Waals surface area contributed by atoms with E-state index in [0.717, 1.165) is 34.9 Å². The fourth-order valence-electron chi connectivity index (χ4n) is 2.45. The minimum atomic E-state index is -4.33. The number of carbonyl (C=O) groups is 1. The fourth-order valence-corrected chi connectivity index (χ4v) is 3.11. The maximum Gasteiger partial charge on any atom is 0.416 e. The van der Waals surface area contributed by atoms with E-state index >= 15 is 0 Å². The van der Waals surface area contributed by atoms with Crippen molar-refractivity contribution >= 4 is 46.1 Å². The lowest BCUT2D eigenvalue weighted by Crippen LogP contribution is -2.30. The summed E-state index contributed by atoms with van der Waals surface area (Å²) in [6.45, 7) is 0.465. The van der Waals surface area contributed by atoms with Gasteiger partial charge in [-0.1, -0.05) is 16.6 Å². The number of nitrogens with zero attached hydrogens (tertiary/aromatic N) is 2. The van der Waals surface area contributed by atoms with Gasteiger partial charge in [-0.2, -0.15) is 13.2 Å². The summed E-state index contributed by atoms with van der Waals surface area (Å²) in [6, 6.07) is 12.0. The van der Waals surface area contributed by atoms with Gasteiger partial charge in [0.1, 0.15) is 0 Å². The number of hydrogen-bond donors (Lipinski definition) is 3. The first kappa shape index (κ1) is 21.7. The SMILES string of the molecule is O=C(Nc1ccc(NC(=S)NCCc2ccc(C(F)(F)F)cc2)cc1)c1csnn1. The predicted molar refractivity (Wildman–Crippen MR) is 114 cm³/mol. The van der Waals surface area contributed by atoms with Crippen LogP contribution in [0.3, 0.4) is 0 Å². The normalized spacial score (nSPS) is 11.0. The van der Waals surface area contributed by atoms with E-state index in [9.17, 15) is 18.0 Å². The van der Waals surface area contributed by atoms with Crippen LogP contribution in [-0.2, 0) is 12.6 Å². The van der Waals surface area contributed by atoms with Crippen molar-refractivity contribution in [2.24, 2.45) is 0 Å². The number of benzene rings is 2. The van der Waals surface area contributed by atoms with Gasteiger partial charge in [-0.05, 0) is 72.1 Å². The van der Waals surface area contributed by atoms with Crippen LogP contribution in [0.2, 0.25) is 0 Å². The summed E-state index contributed by atoms with van der Waals surface area (Å²) in [5.74, 6) is -0.343. The molecule has 1 heterocycles. The van der Waals surface area contributed by atoms with E-state index in [4.69, 9.17) is 12.2 Å². The van der Waals surface area contributed by atoms with E-state index in [1.165, 1.54) is 12.1 Å². The molecule has 3 aromatic rings. The molecule has 3 rings (SSSR count). The quantitative estimate of drug-likeness (QED) is 0.484. The number of alkyl halides is 3. The minimum absolute atomic E-state index is 0.251. The first-order valence-corrected chi connectivity index (χ1v) is 9.95. The number of thiocarbonyl (C=S) groups is 1. The highest BCUT2D eigenvalue weighted by Crippen LogP contribution is 2.29. The van der Waals surface area contributed by atoms with Crippen molar-refractivity contribution < 1.29 is 18.0 Å². The van der Waals surface area contributed by atoms with Crippen LogP contribution in [-0.4, -0.2) is 27.2 Å².